The summed E-state index contributed by atoms with van der Waals surface area (Å²) in [7, 11) is 4.05. The van der Waals surface area contributed by atoms with E-state index in [-0.39, 0.29) is 30.1 Å². The number of aryl methyl sites for hydroxylation is 1. The number of para-hydroxylation sites is 1. The van der Waals surface area contributed by atoms with Crippen molar-refractivity contribution in [2.24, 2.45) is 5.92 Å². The Balaban J connectivity index is 1.31. The Morgan fingerprint density at radius 1 is 1.05 bits per heavy atom. The van der Waals surface area contributed by atoms with Gasteiger partial charge in [0.05, 0.1) is 5.92 Å². The zero-order valence-electron chi connectivity index (χ0n) is 21.7. The Hall–Kier alpha value is -4.06. The summed E-state index contributed by atoms with van der Waals surface area (Å²) >= 11 is 0. The topological polar surface area (TPSA) is 68.4 Å². The Kier molecular flexibility index (Phi) is 6.99. The number of rotatable bonds is 8. The molecule has 5 rings (SSSR count). The van der Waals surface area contributed by atoms with Gasteiger partial charge in [0.2, 0.25) is 11.8 Å². The number of nitrogens with zero attached hydrogens (tertiary/aromatic N) is 2. The van der Waals surface area contributed by atoms with Gasteiger partial charge in [-0.05, 0) is 41.8 Å². The van der Waals surface area contributed by atoms with Crippen molar-refractivity contribution >= 4 is 28.4 Å². The average molecular weight is 495 g/mol. The summed E-state index contributed by atoms with van der Waals surface area (Å²) < 4.78 is 0. The van der Waals surface area contributed by atoms with Gasteiger partial charge >= 0.3 is 0 Å². The summed E-state index contributed by atoms with van der Waals surface area (Å²) in [5.74, 6) is -0.377. The largest absolute Gasteiger partial charge is 0.378 e. The zero-order chi connectivity index (χ0) is 25.9. The van der Waals surface area contributed by atoms with Gasteiger partial charge in [0.25, 0.3) is 0 Å². The third kappa shape index (κ3) is 5.38. The average Bonchev–Trinajstić information content (AvgIpc) is 3.49. The summed E-state index contributed by atoms with van der Waals surface area (Å²) in [4.78, 5) is 33.2. The van der Waals surface area contributed by atoms with Crippen LogP contribution in [0.5, 0.6) is 0 Å². The number of H-pyrrole nitrogens is 1. The number of carbonyl (C=O) groups is 2. The molecule has 6 nitrogen and oxygen atoms in total. The molecule has 4 aromatic rings. The molecule has 190 valence electrons. The molecule has 37 heavy (non-hydrogen) atoms. The second-order valence-electron chi connectivity index (χ2n) is 10.2. The second-order valence-corrected chi connectivity index (χ2v) is 10.2. The number of anilines is 1. The molecule has 1 aliphatic rings. The van der Waals surface area contributed by atoms with Crippen LogP contribution in [-0.2, 0) is 16.1 Å². The first-order valence-electron chi connectivity index (χ1n) is 12.8. The Morgan fingerprint density at radius 3 is 2.51 bits per heavy atom. The number of hydrogen-bond donors (Lipinski definition) is 2. The monoisotopic (exact) mass is 494 g/mol. The van der Waals surface area contributed by atoms with E-state index in [1.165, 1.54) is 5.56 Å². The molecule has 2 heterocycles. The van der Waals surface area contributed by atoms with Gasteiger partial charge in [-0.15, -0.1) is 0 Å². The van der Waals surface area contributed by atoms with Crippen LogP contribution < -0.4 is 10.2 Å². The molecule has 1 saturated heterocycles. The predicted molar refractivity (Wildman–Crippen MR) is 149 cm³/mol. The molecule has 0 unspecified atom stereocenters. The van der Waals surface area contributed by atoms with E-state index in [2.05, 4.69) is 63.7 Å². The first-order valence-corrected chi connectivity index (χ1v) is 12.8. The minimum Gasteiger partial charge on any atom is -0.378 e. The first kappa shape index (κ1) is 24.6. The van der Waals surface area contributed by atoms with E-state index in [9.17, 15) is 9.59 Å². The molecule has 1 aliphatic heterocycles. The van der Waals surface area contributed by atoms with E-state index in [1.54, 1.807) is 4.90 Å². The summed E-state index contributed by atoms with van der Waals surface area (Å²) in [5.41, 5.74) is 6.77. The van der Waals surface area contributed by atoms with Crippen LogP contribution >= 0.6 is 0 Å². The molecular weight excluding hydrogens is 460 g/mol. The Bertz CT molecular complexity index is 1390. The van der Waals surface area contributed by atoms with Crippen molar-refractivity contribution < 1.29 is 9.59 Å². The summed E-state index contributed by atoms with van der Waals surface area (Å²) in [6, 6.07) is 24.9. The van der Waals surface area contributed by atoms with E-state index in [0.29, 0.717) is 19.6 Å². The van der Waals surface area contributed by atoms with E-state index in [0.717, 1.165) is 33.3 Å². The first-order chi connectivity index (χ1) is 17.9. The molecule has 1 aromatic heterocycles. The molecule has 0 saturated carbocycles. The number of fused-ring (bicyclic) bond motifs is 1. The van der Waals surface area contributed by atoms with Crippen molar-refractivity contribution in [2.45, 2.75) is 25.8 Å². The third-order valence-electron chi connectivity index (χ3n) is 7.37. The molecule has 2 N–H and O–H groups in total. The van der Waals surface area contributed by atoms with Gasteiger partial charge in [0.15, 0.2) is 0 Å². The molecule has 0 spiro atoms. The van der Waals surface area contributed by atoms with E-state index >= 15 is 0 Å². The van der Waals surface area contributed by atoms with Gasteiger partial charge in [0.1, 0.15) is 0 Å². The number of aromatic amines is 1. The van der Waals surface area contributed by atoms with Crippen LogP contribution in [-0.4, -0.2) is 48.9 Å². The maximum atomic E-state index is 13.2. The van der Waals surface area contributed by atoms with Crippen molar-refractivity contribution in [1.29, 1.82) is 0 Å². The van der Waals surface area contributed by atoms with Crippen LogP contribution in [0.15, 0.2) is 79.0 Å². The molecule has 2 amide bonds. The lowest BCUT2D eigenvalue weighted by Crippen LogP contribution is -2.35. The Labute approximate surface area is 218 Å². The zero-order valence-corrected chi connectivity index (χ0v) is 21.7. The Morgan fingerprint density at radius 2 is 1.78 bits per heavy atom. The van der Waals surface area contributed by atoms with Crippen molar-refractivity contribution in [3.05, 3.63) is 101 Å². The quantitative estimate of drug-likeness (QED) is 0.368. The molecule has 0 radical (unpaired) electrons. The molecule has 0 bridgehead atoms. The van der Waals surface area contributed by atoms with Gasteiger partial charge < -0.3 is 20.1 Å². The molecule has 6 heteroatoms. The molecule has 2 atom stereocenters. The lowest BCUT2D eigenvalue weighted by molar-refractivity contribution is -0.129. The summed E-state index contributed by atoms with van der Waals surface area (Å²) in [5, 5.41) is 4.34. The van der Waals surface area contributed by atoms with Crippen molar-refractivity contribution in [3.63, 3.8) is 0 Å². The molecule has 1 fully saturated rings. The highest BCUT2D eigenvalue weighted by atomic mass is 16.2. The minimum absolute atomic E-state index is 0.0166. The van der Waals surface area contributed by atoms with Crippen LogP contribution in [0.4, 0.5) is 5.69 Å². The van der Waals surface area contributed by atoms with E-state index in [4.69, 9.17) is 0 Å². The third-order valence-corrected chi connectivity index (χ3v) is 7.37. The number of benzene rings is 3. The van der Waals surface area contributed by atoms with Gasteiger partial charge in [0, 0.05) is 68.9 Å². The minimum atomic E-state index is -0.335. The number of likely N-dealkylation sites (tertiary alicyclic amines) is 1. The normalized spacial score (nSPS) is 16.2. The van der Waals surface area contributed by atoms with Crippen LogP contribution in [0.2, 0.25) is 0 Å². The molecule has 0 aliphatic carbocycles. The predicted octanol–water partition coefficient (Wildman–Crippen LogP) is 4.84. The highest BCUT2D eigenvalue weighted by Crippen LogP contribution is 2.32. The van der Waals surface area contributed by atoms with E-state index < -0.39 is 0 Å². The standard InChI is InChI=1S/C31H34N4O2/c1-21-8-10-22(11-9-21)19-35-20-24(16-30(35)36)31(37)33-17-27(23-12-14-25(15-13-23)34(2)3)28-18-32-29-7-5-4-6-26(28)29/h4-15,18,24,27,32H,16-17,19-20H2,1-3H3,(H,33,37)/t24-,27+/m0/s1. The van der Waals surface area contributed by atoms with Gasteiger partial charge in [-0.1, -0.05) is 60.2 Å². The van der Waals surface area contributed by atoms with Crippen molar-refractivity contribution in [1.82, 2.24) is 15.2 Å². The maximum Gasteiger partial charge on any atom is 0.225 e. The lowest BCUT2D eigenvalue weighted by Gasteiger charge is -2.21. The van der Waals surface area contributed by atoms with E-state index in [1.807, 2.05) is 51.5 Å². The number of aromatic nitrogens is 1. The highest BCUT2D eigenvalue weighted by Gasteiger charge is 2.34. The molecule has 3 aromatic carbocycles. The molecular formula is C31H34N4O2. The van der Waals surface area contributed by atoms with Crippen LogP contribution in [0, 0.1) is 12.8 Å². The smallest absolute Gasteiger partial charge is 0.225 e. The van der Waals surface area contributed by atoms with Gasteiger partial charge in [-0.25, -0.2) is 0 Å². The summed E-state index contributed by atoms with van der Waals surface area (Å²) in [6.45, 7) is 3.50. The fourth-order valence-electron chi connectivity index (χ4n) is 5.16. The number of amides is 2. The second kappa shape index (κ2) is 10.5. The lowest BCUT2D eigenvalue weighted by atomic mass is 9.90. The van der Waals surface area contributed by atoms with Crippen LogP contribution in [0.1, 0.15) is 34.6 Å². The van der Waals surface area contributed by atoms with Gasteiger partial charge in [-0.2, -0.15) is 0 Å². The highest BCUT2D eigenvalue weighted by molar-refractivity contribution is 5.89. The summed E-state index contributed by atoms with van der Waals surface area (Å²) in [6.07, 6.45) is 2.30. The fraction of sp³-hybridized carbons (Fsp3) is 0.290. The van der Waals surface area contributed by atoms with Crippen molar-refractivity contribution in [2.75, 3.05) is 32.1 Å². The van der Waals surface area contributed by atoms with Crippen LogP contribution in [0.3, 0.4) is 0 Å². The van der Waals surface area contributed by atoms with Crippen molar-refractivity contribution in [3.8, 4) is 0 Å². The SMILES string of the molecule is Cc1ccc(CN2C[C@@H](C(=O)NC[C@H](c3ccc(N(C)C)cc3)c3c[nH]c4ccccc34)CC2=O)cc1. The fourth-order valence-corrected chi connectivity index (χ4v) is 5.16. The maximum absolute atomic E-state index is 13.2. The van der Waals surface area contributed by atoms with Crippen LogP contribution in [0.25, 0.3) is 10.9 Å². The van der Waals surface area contributed by atoms with Gasteiger partial charge in [-0.3, -0.25) is 9.59 Å². The number of carbonyl (C=O) groups excluding carboxylic acids is 2. The number of hydrogen-bond acceptors (Lipinski definition) is 3. The number of nitrogens with one attached hydrogen (secondary N) is 2.